The Hall–Kier alpha value is -3.74. The van der Waals surface area contributed by atoms with Gasteiger partial charge in [0.05, 0.1) is 23.9 Å². The highest BCUT2D eigenvalue weighted by Crippen LogP contribution is 2.18. The van der Waals surface area contributed by atoms with Crippen LogP contribution in [0, 0.1) is 5.82 Å². The molecule has 1 aliphatic heterocycles. The lowest BCUT2D eigenvalue weighted by Gasteiger charge is -2.35. The predicted octanol–water partition coefficient (Wildman–Crippen LogP) is 3.36. The molecule has 0 radical (unpaired) electrons. The first-order valence-corrected chi connectivity index (χ1v) is 10.2. The molecule has 1 saturated heterocycles. The number of carbonyl (C=O) groups excluding carboxylic acids is 2. The number of carbonyl (C=O) groups is 2. The summed E-state index contributed by atoms with van der Waals surface area (Å²) in [5, 5.41) is 2.86. The maximum absolute atomic E-state index is 13.9. The number of amides is 2. The number of hydrogen-bond acceptors (Lipinski definition) is 4. The lowest BCUT2D eigenvalue weighted by atomic mass is 10.1. The fraction of sp³-hybridized carbons (Fsp3) is 0.208. The summed E-state index contributed by atoms with van der Waals surface area (Å²) in [6.07, 6.45) is 1.94. The Morgan fingerprint density at radius 1 is 0.903 bits per heavy atom. The average molecular weight is 418 g/mol. The van der Waals surface area contributed by atoms with E-state index < -0.39 is 5.82 Å². The minimum atomic E-state index is -0.499. The maximum Gasteiger partial charge on any atom is 0.256 e. The van der Waals surface area contributed by atoms with E-state index in [1.165, 1.54) is 12.1 Å². The topological polar surface area (TPSA) is 65.5 Å². The molecule has 0 atom stereocenters. The zero-order valence-corrected chi connectivity index (χ0v) is 17.0. The standard InChI is InChI=1S/C24H23FN4O2/c25-21-9-5-4-8-20(21)24(31)29-14-12-28(13-15-29)22-11-10-19(17-26-22)27-23(30)16-18-6-2-1-3-7-18/h1-11,17H,12-16H2,(H,27,30). The summed E-state index contributed by atoms with van der Waals surface area (Å²) >= 11 is 0. The van der Waals surface area contributed by atoms with Gasteiger partial charge in [0.15, 0.2) is 0 Å². The first-order valence-electron chi connectivity index (χ1n) is 10.2. The van der Waals surface area contributed by atoms with Crippen molar-refractivity contribution in [3.05, 3.63) is 89.9 Å². The first kappa shape index (κ1) is 20.5. The molecule has 2 heterocycles. The van der Waals surface area contributed by atoms with Gasteiger partial charge < -0.3 is 15.1 Å². The molecule has 2 amide bonds. The number of hydrogen-bond donors (Lipinski definition) is 1. The number of rotatable bonds is 5. The van der Waals surface area contributed by atoms with Gasteiger partial charge in [0, 0.05) is 26.2 Å². The zero-order valence-electron chi connectivity index (χ0n) is 17.0. The van der Waals surface area contributed by atoms with E-state index in [9.17, 15) is 14.0 Å². The van der Waals surface area contributed by atoms with Gasteiger partial charge in [-0.15, -0.1) is 0 Å². The molecule has 1 fully saturated rings. The van der Waals surface area contributed by atoms with E-state index in [0.717, 1.165) is 11.4 Å². The van der Waals surface area contributed by atoms with E-state index in [2.05, 4.69) is 15.2 Å². The van der Waals surface area contributed by atoms with Crippen LogP contribution in [0.3, 0.4) is 0 Å². The summed E-state index contributed by atoms with van der Waals surface area (Å²) in [5.74, 6) is -0.108. The number of anilines is 2. The molecule has 0 unspecified atom stereocenters. The summed E-state index contributed by atoms with van der Waals surface area (Å²) in [5.41, 5.74) is 1.69. The van der Waals surface area contributed by atoms with E-state index in [4.69, 9.17) is 0 Å². The third kappa shape index (κ3) is 5.06. The van der Waals surface area contributed by atoms with Crippen molar-refractivity contribution in [1.82, 2.24) is 9.88 Å². The molecular formula is C24H23FN4O2. The van der Waals surface area contributed by atoms with Gasteiger partial charge in [-0.25, -0.2) is 9.37 Å². The smallest absolute Gasteiger partial charge is 0.256 e. The van der Waals surface area contributed by atoms with Crippen molar-refractivity contribution < 1.29 is 14.0 Å². The minimum Gasteiger partial charge on any atom is -0.353 e. The number of halogens is 1. The number of aromatic nitrogens is 1. The second-order valence-electron chi connectivity index (χ2n) is 7.37. The van der Waals surface area contributed by atoms with Gasteiger partial charge in [0.2, 0.25) is 5.91 Å². The lowest BCUT2D eigenvalue weighted by molar-refractivity contribution is -0.115. The van der Waals surface area contributed by atoms with Crippen LogP contribution in [0.2, 0.25) is 0 Å². The van der Waals surface area contributed by atoms with E-state index in [1.807, 2.05) is 42.5 Å². The van der Waals surface area contributed by atoms with Crippen LogP contribution in [0.25, 0.3) is 0 Å². The molecule has 1 aromatic heterocycles. The fourth-order valence-electron chi connectivity index (χ4n) is 3.58. The molecule has 4 rings (SSSR count). The minimum absolute atomic E-state index is 0.0963. The number of nitrogens with zero attached hydrogens (tertiary/aromatic N) is 3. The molecule has 1 N–H and O–H groups in total. The molecule has 3 aromatic rings. The lowest BCUT2D eigenvalue weighted by Crippen LogP contribution is -2.49. The van der Waals surface area contributed by atoms with E-state index >= 15 is 0 Å². The second kappa shape index (κ2) is 9.38. The summed E-state index contributed by atoms with van der Waals surface area (Å²) in [4.78, 5) is 32.9. The molecule has 0 spiro atoms. The van der Waals surface area contributed by atoms with Gasteiger partial charge in [-0.05, 0) is 29.8 Å². The quantitative estimate of drug-likeness (QED) is 0.690. The molecule has 0 bridgehead atoms. The van der Waals surface area contributed by atoms with Crippen LogP contribution in [-0.2, 0) is 11.2 Å². The highest BCUT2D eigenvalue weighted by atomic mass is 19.1. The largest absolute Gasteiger partial charge is 0.353 e. The van der Waals surface area contributed by atoms with Gasteiger partial charge >= 0.3 is 0 Å². The van der Waals surface area contributed by atoms with Gasteiger partial charge in [0.25, 0.3) is 5.91 Å². The van der Waals surface area contributed by atoms with Crippen LogP contribution in [0.1, 0.15) is 15.9 Å². The Balaban J connectivity index is 1.30. The first-order chi connectivity index (χ1) is 15.1. The van der Waals surface area contributed by atoms with E-state index in [0.29, 0.717) is 38.3 Å². The van der Waals surface area contributed by atoms with Crippen LogP contribution < -0.4 is 10.2 Å². The van der Waals surface area contributed by atoms with Crippen molar-refractivity contribution in [3.8, 4) is 0 Å². The van der Waals surface area contributed by atoms with Crippen LogP contribution in [0.15, 0.2) is 72.9 Å². The van der Waals surface area contributed by atoms with Crippen LogP contribution in [0.4, 0.5) is 15.9 Å². The van der Waals surface area contributed by atoms with Gasteiger partial charge in [-0.2, -0.15) is 0 Å². The fourth-order valence-corrected chi connectivity index (χ4v) is 3.58. The summed E-state index contributed by atoms with van der Waals surface area (Å²) < 4.78 is 13.9. The monoisotopic (exact) mass is 418 g/mol. The van der Waals surface area contributed by atoms with E-state index in [1.54, 1.807) is 23.2 Å². The molecule has 2 aromatic carbocycles. The van der Waals surface area contributed by atoms with Crippen molar-refractivity contribution in [1.29, 1.82) is 0 Å². The number of pyridine rings is 1. The Bertz CT molecular complexity index is 1050. The number of benzene rings is 2. The van der Waals surface area contributed by atoms with Gasteiger partial charge in [-0.3, -0.25) is 9.59 Å². The molecular weight excluding hydrogens is 395 g/mol. The maximum atomic E-state index is 13.9. The molecule has 1 aliphatic rings. The highest BCUT2D eigenvalue weighted by Gasteiger charge is 2.24. The Morgan fingerprint density at radius 3 is 2.29 bits per heavy atom. The van der Waals surface area contributed by atoms with Gasteiger partial charge in [-0.1, -0.05) is 42.5 Å². The summed E-state index contributed by atoms with van der Waals surface area (Å²) in [7, 11) is 0. The third-order valence-electron chi connectivity index (χ3n) is 5.23. The Morgan fingerprint density at radius 2 is 1.61 bits per heavy atom. The second-order valence-corrected chi connectivity index (χ2v) is 7.37. The average Bonchev–Trinajstić information content (AvgIpc) is 2.80. The Kier molecular flexibility index (Phi) is 6.21. The molecule has 31 heavy (non-hydrogen) atoms. The molecule has 6 nitrogen and oxygen atoms in total. The highest BCUT2D eigenvalue weighted by molar-refractivity contribution is 5.94. The zero-order chi connectivity index (χ0) is 21.6. The SMILES string of the molecule is O=C(Cc1ccccc1)Nc1ccc(N2CCN(C(=O)c3ccccc3F)CC2)nc1. The van der Waals surface area contributed by atoms with Crippen molar-refractivity contribution in [2.75, 3.05) is 36.4 Å². The predicted molar refractivity (Wildman–Crippen MR) is 118 cm³/mol. The van der Waals surface area contributed by atoms with Crippen molar-refractivity contribution in [3.63, 3.8) is 0 Å². The molecule has 0 aliphatic carbocycles. The van der Waals surface area contributed by atoms with Crippen molar-refractivity contribution in [2.24, 2.45) is 0 Å². The van der Waals surface area contributed by atoms with E-state index in [-0.39, 0.29) is 17.4 Å². The van der Waals surface area contributed by atoms with Crippen LogP contribution in [-0.4, -0.2) is 47.9 Å². The normalized spacial score (nSPS) is 13.7. The Labute approximate surface area is 180 Å². The van der Waals surface area contributed by atoms with Crippen LogP contribution >= 0.6 is 0 Å². The summed E-state index contributed by atoms with van der Waals surface area (Å²) in [6, 6.07) is 19.3. The molecule has 158 valence electrons. The van der Waals surface area contributed by atoms with Crippen LogP contribution in [0.5, 0.6) is 0 Å². The third-order valence-corrected chi connectivity index (χ3v) is 5.23. The van der Waals surface area contributed by atoms with Crippen molar-refractivity contribution >= 4 is 23.3 Å². The number of nitrogens with one attached hydrogen (secondary N) is 1. The molecule has 7 heteroatoms. The summed E-state index contributed by atoms with van der Waals surface area (Å²) in [6.45, 7) is 2.19. The van der Waals surface area contributed by atoms with Gasteiger partial charge in [0.1, 0.15) is 11.6 Å². The molecule has 0 saturated carbocycles. The van der Waals surface area contributed by atoms with Crippen molar-refractivity contribution in [2.45, 2.75) is 6.42 Å². The number of piperazine rings is 1.